The number of pyridine rings is 1. The first-order valence-electron chi connectivity index (χ1n) is 7.74. The average Bonchev–Trinajstić information content (AvgIpc) is 3.15. The smallest absolute Gasteiger partial charge is 0.238 e. The molecule has 2 N–H and O–H groups in total. The highest BCUT2D eigenvalue weighted by atomic mass is 16.5. The number of carbonyl (C=O) groups excluding carboxylic acids is 1. The van der Waals surface area contributed by atoms with Crippen LogP contribution in [0.5, 0.6) is 5.88 Å². The Balaban J connectivity index is 1.66. The summed E-state index contributed by atoms with van der Waals surface area (Å²) in [6.07, 6.45) is 4.94. The molecule has 0 aromatic carbocycles. The summed E-state index contributed by atoms with van der Waals surface area (Å²) in [5.41, 5.74) is 0.920. The van der Waals surface area contributed by atoms with Gasteiger partial charge in [-0.05, 0) is 63.7 Å². The van der Waals surface area contributed by atoms with Crippen molar-refractivity contribution in [2.75, 3.05) is 18.4 Å². The van der Waals surface area contributed by atoms with Crippen LogP contribution in [0.25, 0.3) is 0 Å². The number of rotatable bonds is 4. The minimum Gasteiger partial charge on any atom is -0.473 e. The van der Waals surface area contributed by atoms with Crippen molar-refractivity contribution >= 4 is 11.6 Å². The van der Waals surface area contributed by atoms with Gasteiger partial charge >= 0.3 is 0 Å². The average molecular weight is 289 g/mol. The van der Waals surface area contributed by atoms with Gasteiger partial charge in [-0.3, -0.25) is 4.79 Å². The third-order valence-electron chi connectivity index (χ3n) is 4.48. The molecule has 2 aliphatic rings. The molecule has 5 nitrogen and oxygen atoms in total. The summed E-state index contributed by atoms with van der Waals surface area (Å²) in [5, 5.41) is 6.36. The summed E-state index contributed by atoms with van der Waals surface area (Å²) in [7, 11) is 0. The largest absolute Gasteiger partial charge is 0.473 e. The summed E-state index contributed by atoms with van der Waals surface area (Å²) < 4.78 is 5.65. The standard InChI is InChI=1S/C16H23N3O2/c1-11(2)21-15-13(4-3-7-18-15)19-14(20)12-10-16(12)5-8-17-9-6-16/h3-4,7,11-12,17H,5-6,8-10H2,1-2H3,(H,19,20). The second-order valence-electron chi connectivity index (χ2n) is 6.38. The zero-order chi connectivity index (χ0) is 14.9. The van der Waals surface area contributed by atoms with Gasteiger partial charge in [0.25, 0.3) is 0 Å². The van der Waals surface area contributed by atoms with E-state index in [9.17, 15) is 4.79 Å². The van der Waals surface area contributed by atoms with Gasteiger partial charge in [-0.25, -0.2) is 4.98 Å². The number of anilines is 1. The highest BCUT2D eigenvalue weighted by Crippen LogP contribution is 2.58. The number of ether oxygens (including phenoxy) is 1. The molecule has 0 radical (unpaired) electrons. The Labute approximate surface area is 125 Å². The number of hydrogen-bond donors (Lipinski definition) is 2. The highest BCUT2D eigenvalue weighted by Gasteiger charge is 2.57. The van der Waals surface area contributed by atoms with Gasteiger partial charge < -0.3 is 15.4 Å². The number of amides is 1. The van der Waals surface area contributed by atoms with Gasteiger partial charge in [0.05, 0.1) is 6.10 Å². The Kier molecular flexibility index (Phi) is 3.85. The number of carbonyl (C=O) groups is 1. The van der Waals surface area contributed by atoms with Gasteiger partial charge in [-0.2, -0.15) is 0 Å². The number of nitrogens with zero attached hydrogens (tertiary/aromatic N) is 1. The van der Waals surface area contributed by atoms with Crippen molar-refractivity contribution in [2.24, 2.45) is 11.3 Å². The Morgan fingerprint density at radius 1 is 1.48 bits per heavy atom. The Morgan fingerprint density at radius 3 is 2.95 bits per heavy atom. The van der Waals surface area contributed by atoms with Crippen LogP contribution in [0.1, 0.15) is 33.1 Å². The molecule has 0 bridgehead atoms. The zero-order valence-electron chi connectivity index (χ0n) is 12.7. The fourth-order valence-corrected chi connectivity index (χ4v) is 3.22. The molecule has 21 heavy (non-hydrogen) atoms. The topological polar surface area (TPSA) is 63.2 Å². The van der Waals surface area contributed by atoms with E-state index >= 15 is 0 Å². The van der Waals surface area contributed by atoms with Crippen LogP contribution < -0.4 is 15.4 Å². The van der Waals surface area contributed by atoms with Crippen LogP contribution in [-0.4, -0.2) is 30.1 Å². The van der Waals surface area contributed by atoms with E-state index in [-0.39, 0.29) is 23.3 Å². The van der Waals surface area contributed by atoms with Crippen LogP contribution in [0, 0.1) is 11.3 Å². The maximum Gasteiger partial charge on any atom is 0.238 e. The molecular formula is C16H23N3O2. The third-order valence-corrected chi connectivity index (χ3v) is 4.48. The predicted octanol–water partition coefficient (Wildman–Crippen LogP) is 2.20. The maximum absolute atomic E-state index is 12.5. The van der Waals surface area contributed by atoms with Gasteiger partial charge in [0.15, 0.2) is 0 Å². The molecule has 1 spiro atoms. The minimum atomic E-state index is 0.0345. The van der Waals surface area contributed by atoms with E-state index in [0.717, 1.165) is 32.4 Å². The lowest BCUT2D eigenvalue weighted by Crippen LogP contribution is -2.31. The fraction of sp³-hybridized carbons (Fsp3) is 0.625. The molecule has 1 saturated heterocycles. The van der Waals surface area contributed by atoms with E-state index in [1.54, 1.807) is 6.20 Å². The quantitative estimate of drug-likeness (QED) is 0.892. The molecule has 3 rings (SSSR count). The van der Waals surface area contributed by atoms with Crippen molar-refractivity contribution in [3.63, 3.8) is 0 Å². The lowest BCUT2D eigenvalue weighted by atomic mass is 9.92. The van der Waals surface area contributed by atoms with Crippen LogP contribution in [0.4, 0.5) is 5.69 Å². The second-order valence-corrected chi connectivity index (χ2v) is 6.38. The molecule has 1 aromatic heterocycles. The van der Waals surface area contributed by atoms with E-state index < -0.39 is 0 Å². The molecule has 114 valence electrons. The van der Waals surface area contributed by atoms with Crippen LogP contribution in [0.15, 0.2) is 18.3 Å². The third kappa shape index (κ3) is 3.02. The van der Waals surface area contributed by atoms with Crippen LogP contribution >= 0.6 is 0 Å². The number of nitrogens with one attached hydrogen (secondary N) is 2. The molecule has 2 heterocycles. The summed E-state index contributed by atoms with van der Waals surface area (Å²) in [4.78, 5) is 16.7. The second kappa shape index (κ2) is 5.64. The van der Waals surface area contributed by atoms with E-state index in [0.29, 0.717) is 11.6 Å². The van der Waals surface area contributed by atoms with Crippen molar-refractivity contribution in [1.29, 1.82) is 0 Å². The van der Waals surface area contributed by atoms with Crippen LogP contribution in [0.3, 0.4) is 0 Å². The molecular weight excluding hydrogens is 266 g/mol. The van der Waals surface area contributed by atoms with E-state index in [4.69, 9.17) is 4.74 Å². The predicted molar refractivity (Wildman–Crippen MR) is 81.3 cm³/mol. The van der Waals surface area contributed by atoms with Crippen molar-refractivity contribution < 1.29 is 9.53 Å². The lowest BCUT2D eigenvalue weighted by molar-refractivity contribution is -0.118. The van der Waals surface area contributed by atoms with E-state index in [1.165, 1.54) is 0 Å². The summed E-state index contributed by atoms with van der Waals surface area (Å²) >= 11 is 0. The summed E-state index contributed by atoms with van der Waals surface area (Å²) in [6.45, 7) is 5.95. The molecule has 1 aliphatic heterocycles. The molecule has 1 saturated carbocycles. The lowest BCUT2D eigenvalue weighted by Gasteiger charge is -2.23. The van der Waals surface area contributed by atoms with Crippen LogP contribution in [-0.2, 0) is 4.79 Å². The monoisotopic (exact) mass is 289 g/mol. The summed E-state index contributed by atoms with van der Waals surface area (Å²) in [6, 6.07) is 3.66. The molecule has 1 amide bonds. The molecule has 1 aliphatic carbocycles. The van der Waals surface area contributed by atoms with E-state index in [1.807, 2.05) is 26.0 Å². The Hall–Kier alpha value is -1.62. The first-order chi connectivity index (χ1) is 10.1. The molecule has 5 heteroatoms. The van der Waals surface area contributed by atoms with Crippen molar-refractivity contribution in [2.45, 2.75) is 39.2 Å². The molecule has 2 fully saturated rings. The van der Waals surface area contributed by atoms with Gasteiger partial charge in [0.2, 0.25) is 11.8 Å². The maximum atomic E-state index is 12.5. The van der Waals surface area contributed by atoms with Crippen molar-refractivity contribution in [3.05, 3.63) is 18.3 Å². The highest BCUT2D eigenvalue weighted by molar-refractivity contribution is 5.96. The summed E-state index contributed by atoms with van der Waals surface area (Å²) in [5.74, 6) is 0.756. The fourth-order valence-electron chi connectivity index (χ4n) is 3.22. The molecule has 1 atom stereocenters. The Morgan fingerprint density at radius 2 is 2.24 bits per heavy atom. The van der Waals surface area contributed by atoms with Gasteiger partial charge in [-0.15, -0.1) is 0 Å². The molecule has 1 unspecified atom stereocenters. The van der Waals surface area contributed by atoms with Gasteiger partial charge in [0.1, 0.15) is 5.69 Å². The first-order valence-corrected chi connectivity index (χ1v) is 7.74. The minimum absolute atomic E-state index is 0.0345. The number of hydrogen-bond acceptors (Lipinski definition) is 4. The van der Waals surface area contributed by atoms with Crippen molar-refractivity contribution in [3.8, 4) is 5.88 Å². The van der Waals surface area contributed by atoms with E-state index in [2.05, 4.69) is 15.6 Å². The first kappa shape index (κ1) is 14.3. The zero-order valence-corrected chi connectivity index (χ0v) is 12.7. The van der Waals surface area contributed by atoms with Gasteiger partial charge in [-0.1, -0.05) is 0 Å². The number of piperidine rings is 1. The van der Waals surface area contributed by atoms with Crippen LogP contribution in [0.2, 0.25) is 0 Å². The molecule has 1 aromatic rings. The number of aromatic nitrogens is 1. The normalized spacial score (nSPS) is 23.1. The van der Waals surface area contributed by atoms with Gasteiger partial charge in [0, 0.05) is 12.1 Å². The Bertz CT molecular complexity index is 524. The van der Waals surface area contributed by atoms with Crippen molar-refractivity contribution in [1.82, 2.24) is 10.3 Å². The SMILES string of the molecule is CC(C)Oc1ncccc1NC(=O)C1CC12CCNCC2.